The molecule has 5 heteroatoms. The highest BCUT2D eigenvalue weighted by molar-refractivity contribution is 6.39. The van der Waals surface area contributed by atoms with Crippen molar-refractivity contribution in [2.45, 2.75) is 18.9 Å². The minimum atomic E-state index is -0.459. The van der Waals surface area contributed by atoms with E-state index in [1.807, 2.05) is 18.2 Å². The number of nitrogens with two attached hydrogens (primary N) is 1. The molecule has 0 radical (unpaired) electrons. The Labute approximate surface area is 132 Å². The van der Waals surface area contributed by atoms with Crippen LogP contribution in [0, 0.1) is 5.82 Å². The van der Waals surface area contributed by atoms with Gasteiger partial charge in [-0.15, -0.1) is 0 Å². The predicted octanol–water partition coefficient (Wildman–Crippen LogP) is 4.45. The molecule has 0 aromatic heterocycles. The van der Waals surface area contributed by atoms with E-state index in [1.165, 1.54) is 12.1 Å². The van der Waals surface area contributed by atoms with Gasteiger partial charge in [-0.1, -0.05) is 41.4 Å². The third-order valence-corrected chi connectivity index (χ3v) is 4.25. The summed E-state index contributed by atoms with van der Waals surface area (Å²) in [6.45, 7) is 0.457. The van der Waals surface area contributed by atoms with E-state index in [9.17, 15) is 4.39 Å². The van der Waals surface area contributed by atoms with E-state index in [-0.39, 0.29) is 16.1 Å². The summed E-state index contributed by atoms with van der Waals surface area (Å²) < 4.78 is 19.3. The molecule has 2 aromatic carbocycles. The van der Waals surface area contributed by atoms with E-state index >= 15 is 0 Å². The quantitative estimate of drug-likeness (QED) is 0.885. The number of hydrogen-bond acceptors (Lipinski definition) is 2. The van der Waals surface area contributed by atoms with Crippen molar-refractivity contribution in [3.8, 4) is 16.9 Å². The molecule has 0 amide bonds. The molecule has 2 aromatic rings. The van der Waals surface area contributed by atoms with Crippen LogP contribution >= 0.6 is 23.2 Å². The summed E-state index contributed by atoms with van der Waals surface area (Å²) in [5, 5.41) is 0.541. The van der Waals surface area contributed by atoms with Gasteiger partial charge >= 0.3 is 0 Å². The van der Waals surface area contributed by atoms with E-state index in [0.29, 0.717) is 12.1 Å². The lowest BCUT2D eigenvalue weighted by molar-refractivity contribution is 0.182. The largest absolute Gasteiger partial charge is 0.488 e. The molecule has 0 aliphatic carbocycles. The number of rotatable bonds is 2. The molecule has 1 aliphatic rings. The maximum atomic E-state index is 13.4. The average Bonchev–Trinajstić information content (AvgIpc) is 2.46. The molecule has 3 rings (SSSR count). The zero-order valence-electron chi connectivity index (χ0n) is 11.2. The third-order valence-electron chi connectivity index (χ3n) is 3.66. The normalized spacial score (nSPS) is 17.2. The van der Waals surface area contributed by atoms with E-state index in [1.54, 1.807) is 0 Å². The minimum Gasteiger partial charge on any atom is -0.488 e. The summed E-state index contributed by atoms with van der Waals surface area (Å²) in [5.41, 5.74) is 8.16. The molecule has 0 saturated carbocycles. The number of ether oxygens (including phenoxy) is 1. The molecule has 2 N–H and O–H groups in total. The molecule has 0 saturated heterocycles. The van der Waals surface area contributed by atoms with Crippen LogP contribution in [0.2, 0.25) is 10.0 Å². The van der Waals surface area contributed by atoms with Gasteiger partial charge in [0.2, 0.25) is 0 Å². The molecule has 1 atom stereocenters. The lowest BCUT2D eigenvalue weighted by atomic mass is 9.95. The first-order valence-electron chi connectivity index (χ1n) is 6.73. The Bertz CT molecular complexity index is 667. The highest BCUT2D eigenvalue weighted by Crippen LogP contribution is 2.43. The number of hydrogen-bond donors (Lipinski definition) is 1. The molecule has 110 valence electrons. The Morgan fingerprint density at radius 3 is 2.62 bits per heavy atom. The first-order chi connectivity index (χ1) is 10.1. The van der Waals surface area contributed by atoms with Crippen molar-refractivity contribution in [2.24, 2.45) is 5.73 Å². The molecular weight excluding hydrogens is 312 g/mol. The van der Waals surface area contributed by atoms with Gasteiger partial charge in [0.15, 0.2) is 0 Å². The molecule has 21 heavy (non-hydrogen) atoms. The topological polar surface area (TPSA) is 35.2 Å². The summed E-state index contributed by atoms with van der Waals surface area (Å²) in [6, 6.07) is 8.33. The number of aryl methyl sites for hydroxylation is 1. The Balaban J connectivity index is 2.17. The van der Waals surface area contributed by atoms with Crippen molar-refractivity contribution in [1.82, 2.24) is 0 Å². The number of para-hydroxylation sites is 1. The van der Waals surface area contributed by atoms with Crippen molar-refractivity contribution >= 4 is 23.2 Å². The van der Waals surface area contributed by atoms with Crippen LogP contribution in [0.1, 0.15) is 12.0 Å². The van der Waals surface area contributed by atoms with E-state index in [2.05, 4.69) is 0 Å². The molecule has 0 unspecified atom stereocenters. The second-order valence-electron chi connectivity index (χ2n) is 5.05. The fourth-order valence-electron chi connectivity index (χ4n) is 2.63. The van der Waals surface area contributed by atoms with Gasteiger partial charge in [0.05, 0.1) is 10.0 Å². The summed E-state index contributed by atoms with van der Waals surface area (Å²) in [5.74, 6) is 0.286. The van der Waals surface area contributed by atoms with Crippen LogP contribution < -0.4 is 10.5 Å². The number of halogens is 3. The maximum absolute atomic E-state index is 13.4. The Kier molecular flexibility index (Phi) is 4.07. The molecule has 0 bridgehead atoms. The summed E-state index contributed by atoms with van der Waals surface area (Å²) >= 11 is 12.4. The first-order valence-corrected chi connectivity index (χ1v) is 7.49. The van der Waals surface area contributed by atoms with Crippen LogP contribution in [0.15, 0.2) is 30.3 Å². The van der Waals surface area contributed by atoms with Gasteiger partial charge in [0, 0.05) is 17.7 Å². The smallest absolute Gasteiger partial charge is 0.130 e. The van der Waals surface area contributed by atoms with Gasteiger partial charge in [0.1, 0.15) is 17.7 Å². The Morgan fingerprint density at radius 2 is 1.95 bits per heavy atom. The molecular formula is C16H14Cl2FNO. The van der Waals surface area contributed by atoms with Gasteiger partial charge in [-0.05, 0) is 30.5 Å². The van der Waals surface area contributed by atoms with Crippen molar-refractivity contribution in [3.63, 3.8) is 0 Å². The van der Waals surface area contributed by atoms with E-state index < -0.39 is 5.82 Å². The zero-order chi connectivity index (χ0) is 15.0. The lowest BCUT2D eigenvalue weighted by Gasteiger charge is -2.27. The summed E-state index contributed by atoms with van der Waals surface area (Å²) in [6.07, 6.45) is 1.76. The van der Waals surface area contributed by atoms with E-state index in [0.717, 1.165) is 29.7 Å². The monoisotopic (exact) mass is 325 g/mol. The molecule has 2 nitrogen and oxygen atoms in total. The number of benzene rings is 2. The summed E-state index contributed by atoms with van der Waals surface area (Å²) in [4.78, 5) is 0. The summed E-state index contributed by atoms with van der Waals surface area (Å²) in [7, 11) is 0. The fourth-order valence-corrected chi connectivity index (χ4v) is 3.29. The van der Waals surface area contributed by atoms with Crippen molar-refractivity contribution in [2.75, 3.05) is 6.54 Å². The molecule has 1 aliphatic heterocycles. The first kappa shape index (κ1) is 14.6. The Hall–Kier alpha value is -1.29. The van der Waals surface area contributed by atoms with Crippen LogP contribution in [0.25, 0.3) is 11.1 Å². The second kappa shape index (κ2) is 5.84. The lowest BCUT2D eigenvalue weighted by Crippen LogP contribution is -2.30. The van der Waals surface area contributed by atoms with Crippen LogP contribution in [0.4, 0.5) is 4.39 Å². The molecule has 1 heterocycles. The van der Waals surface area contributed by atoms with Crippen molar-refractivity contribution in [3.05, 3.63) is 51.8 Å². The van der Waals surface area contributed by atoms with Gasteiger partial charge in [0.25, 0.3) is 0 Å². The zero-order valence-corrected chi connectivity index (χ0v) is 12.7. The van der Waals surface area contributed by atoms with Crippen LogP contribution in [-0.4, -0.2) is 12.6 Å². The van der Waals surface area contributed by atoms with Crippen LogP contribution in [-0.2, 0) is 6.42 Å². The highest BCUT2D eigenvalue weighted by atomic mass is 35.5. The maximum Gasteiger partial charge on any atom is 0.130 e. The van der Waals surface area contributed by atoms with Crippen LogP contribution in [0.3, 0.4) is 0 Å². The average molecular weight is 326 g/mol. The van der Waals surface area contributed by atoms with Crippen LogP contribution in [0.5, 0.6) is 5.75 Å². The SMILES string of the molecule is NC[C@H]1CCc2cccc(-c3c(Cl)cc(F)cc3Cl)c2O1. The minimum absolute atomic E-state index is 0.0170. The van der Waals surface area contributed by atoms with Crippen molar-refractivity contribution < 1.29 is 9.13 Å². The Morgan fingerprint density at radius 1 is 1.24 bits per heavy atom. The number of fused-ring (bicyclic) bond motifs is 1. The van der Waals surface area contributed by atoms with Gasteiger partial charge < -0.3 is 10.5 Å². The standard InChI is InChI=1S/C16H14Cl2FNO/c17-13-6-10(19)7-14(18)15(13)12-3-1-2-9-4-5-11(8-20)21-16(9)12/h1-3,6-7,11H,4-5,8,20H2/t11-/m1/s1. The fraction of sp³-hybridized carbons (Fsp3) is 0.250. The molecule has 0 fully saturated rings. The van der Waals surface area contributed by atoms with Gasteiger partial charge in [-0.3, -0.25) is 0 Å². The van der Waals surface area contributed by atoms with Gasteiger partial charge in [-0.25, -0.2) is 4.39 Å². The second-order valence-corrected chi connectivity index (χ2v) is 5.87. The van der Waals surface area contributed by atoms with Crippen molar-refractivity contribution in [1.29, 1.82) is 0 Å². The predicted molar refractivity (Wildman–Crippen MR) is 83.6 cm³/mol. The van der Waals surface area contributed by atoms with Gasteiger partial charge in [-0.2, -0.15) is 0 Å². The van der Waals surface area contributed by atoms with E-state index in [4.69, 9.17) is 33.7 Å². The highest BCUT2D eigenvalue weighted by Gasteiger charge is 2.24. The molecule has 0 spiro atoms. The third kappa shape index (κ3) is 2.73.